The molecule has 1 amide bonds. The molecule has 4 heteroatoms. The smallest absolute Gasteiger partial charge is 0.251 e. The van der Waals surface area contributed by atoms with E-state index in [0.717, 1.165) is 5.69 Å². The van der Waals surface area contributed by atoms with Gasteiger partial charge in [0, 0.05) is 24.5 Å². The van der Waals surface area contributed by atoms with E-state index >= 15 is 0 Å². The Hall–Kier alpha value is -2.36. The minimum atomic E-state index is -0.100. The molecule has 1 aromatic heterocycles. The van der Waals surface area contributed by atoms with Crippen molar-refractivity contribution in [2.45, 2.75) is 0 Å². The third-order valence-corrected chi connectivity index (χ3v) is 2.31. The number of aromatic nitrogens is 2. The van der Waals surface area contributed by atoms with Crippen molar-refractivity contribution in [2.75, 3.05) is 6.54 Å². The molecule has 0 radical (unpaired) electrons. The number of amides is 1. The summed E-state index contributed by atoms with van der Waals surface area (Å²) in [6.45, 7) is 4.02. The average Bonchev–Trinajstić information content (AvgIpc) is 2.90. The van der Waals surface area contributed by atoms with Crippen molar-refractivity contribution in [3.8, 4) is 5.69 Å². The summed E-state index contributed by atoms with van der Waals surface area (Å²) in [4.78, 5) is 11.6. The van der Waals surface area contributed by atoms with E-state index < -0.39 is 0 Å². The van der Waals surface area contributed by atoms with Crippen LogP contribution in [0.2, 0.25) is 0 Å². The van der Waals surface area contributed by atoms with Gasteiger partial charge in [-0.1, -0.05) is 6.08 Å². The van der Waals surface area contributed by atoms with Gasteiger partial charge < -0.3 is 5.32 Å². The number of rotatable bonds is 4. The molecule has 0 aliphatic carbocycles. The number of hydrogen-bond acceptors (Lipinski definition) is 2. The summed E-state index contributed by atoms with van der Waals surface area (Å²) in [5.74, 6) is -0.100. The number of nitrogens with zero attached hydrogens (tertiary/aromatic N) is 2. The number of carbonyl (C=O) groups is 1. The van der Waals surface area contributed by atoms with Crippen LogP contribution >= 0.6 is 0 Å². The molecule has 0 bridgehead atoms. The van der Waals surface area contributed by atoms with Gasteiger partial charge in [-0.05, 0) is 30.3 Å². The van der Waals surface area contributed by atoms with Gasteiger partial charge in [-0.15, -0.1) is 6.58 Å². The first-order chi connectivity index (χ1) is 8.31. The Kier molecular flexibility index (Phi) is 3.35. The topological polar surface area (TPSA) is 46.9 Å². The zero-order chi connectivity index (χ0) is 12.1. The molecule has 17 heavy (non-hydrogen) atoms. The highest BCUT2D eigenvalue weighted by Crippen LogP contribution is 2.08. The van der Waals surface area contributed by atoms with E-state index in [-0.39, 0.29) is 5.91 Å². The molecule has 2 rings (SSSR count). The summed E-state index contributed by atoms with van der Waals surface area (Å²) in [6, 6.07) is 9.11. The Morgan fingerprint density at radius 2 is 2.18 bits per heavy atom. The minimum Gasteiger partial charge on any atom is -0.349 e. The molecular formula is C13H13N3O. The van der Waals surface area contributed by atoms with Gasteiger partial charge in [0.15, 0.2) is 0 Å². The lowest BCUT2D eigenvalue weighted by Crippen LogP contribution is -2.23. The third-order valence-electron chi connectivity index (χ3n) is 2.31. The molecule has 0 fully saturated rings. The molecule has 1 aromatic carbocycles. The van der Waals surface area contributed by atoms with Crippen LogP contribution in [0.1, 0.15) is 10.4 Å². The molecule has 0 atom stereocenters. The molecule has 2 aromatic rings. The molecule has 0 spiro atoms. The second-order valence-electron chi connectivity index (χ2n) is 3.50. The van der Waals surface area contributed by atoms with Crippen LogP contribution < -0.4 is 5.32 Å². The molecule has 86 valence electrons. The molecule has 4 nitrogen and oxygen atoms in total. The van der Waals surface area contributed by atoms with Gasteiger partial charge in [0.05, 0.1) is 5.69 Å². The van der Waals surface area contributed by atoms with Crippen LogP contribution in [-0.2, 0) is 0 Å². The predicted octanol–water partition coefficient (Wildman–Crippen LogP) is 1.79. The van der Waals surface area contributed by atoms with Gasteiger partial charge in [-0.3, -0.25) is 4.79 Å². The second-order valence-corrected chi connectivity index (χ2v) is 3.50. The quantitative estimate of drug-likeness (QED) is 0.809. The second kappa shape index (κ2) is 5.12. The first-order valence-corrected chi connectivity index (χ1v) is 5.30. The largest absolute Gasteiger partial charge is 0.349 e. The lowest BCUT2D eigenvalue weighted by Gasteiger charge is -2.04. The molecule has 0 aliphatic heterocycles. The molecule has 0 aliphatic rings. The number of benzene rings is 1. The van der Waals surface area contributed by atoms with Crippen molar-refractivity contribution in [1.29, 1.82) is 0 Å². The van der Waals surface area contributed by atoms with Crippen LogP contribution in [0.15, 0.2) is 55.4 Å². The van der Waals surface area contributed by atoms with Crippen molar-refractivity contribution in [2.24, 2.45) is 0 Å². The van der Waals surface area contributed by atoms with Crippen molar-refractivity contribution in [3.05, 3.63) is 60.9 Å². The Morgan fingerprint density at radius 3 is 2.76 bits per heavy atom. The number of nitrogens with one attached hydrogen (secondary N) is 1. The molecule has 0 saturated heterocycles. The van der Waals surface area contributed by atoms with Crippen LogP contribution in [0.3, 0.4) is 0 Å². The molecule has 1 N–H and O–H groups in total. The molecule has 0 unspecified atom stereocenters. The highest BCUT2D eigenvalue weighted by atomic mass is 16.1. The minimum absolute atomic E-state index is 0.100. The van der Waals surface area contributed by atoms with E-state index in [1.807, 2.05) is 24.4 Å². The van der Waals surface area contributed by atoms with E-state index in [9.17, 15) is 4.79 Å². The maximum Gasteiger partial charge on any atom is 0.251 e. The maximum absolute atomic E-state index is 11.6. The normalized spacial score (nSPS) is 9.88. The lowest BCUT2D eigenvalue weighted by atomic mass is 10.2. The Bertz CT molecular complexity index is 500. The monoisotopic (exact) mass is 227 g/mol. The van der Waals surface area contributed by atoms with Gasteiger partial charge in [0.1, 0.15) is 0 Å². The summed E-state index contributed by atoms with van der Waals surface area (Å²) in [6.07, 6.45) is 5.22. The van der Waals surface area contributed by atoms with Gasteiger partial charge >= 0.3 is 0 Å². The summed E-state index contributed by atoms with van der Waals surface area (Å²) in [7, 11) is 0. The average molecular weight is 227 g/mol. The van der Waals surface area contributed by atoms with Crippen LogP contribution in [0.25, 0.3) is 5.69 Å². The van der Waals surface area contributed by atoms with Gasteiger partial charge in [-0.2, -0.15) is 5.10 Å². The van der Waals surface area contributed by atoms with Crippen molar-refractivity contribution < 1.29 is 4.79 Å². The summed E-state index contributed by atoms with van der Waals surface area (Å²) >= 11 is 0. The maximum atomic E-state index is 11.6. The van der Waals surface area contributed by atoms with Crippen molar-refractivity contribution in [3.63, 3.8) is 0 Å². The standard InChI is InChI=1S/C13H13N3O/c1-2-8-14-13(17)11-4-6-12(7-5-11)16-10-3-9-15-16/h2-7,9-10H,1,8H2,(H,14,17). The molecular weight excluding hydrogens is 214 g/mol. The molecule has 0 saturated carbocycles. The molecule has 1 heterocycles. The lowest BCUT2D eigenvalue weighted by molar-refractivity contribution is 0.0958. The van der Waals surface area contributed by atoms with Crippen LogP contribution in [0.4, 0.5) is 0 Å². The van der Waals surface area contributed by atoms with E-state index in [1.54, 1.807) is 29.1 Å². The highest BCUT2D eigenvalue weighted by molar-refractivity contribution is 5.94. The van der Waals surface area contributed by atoms with Gasteiger partial charge in [0.25, 0.3) is 5.91 Å². The SMILES string of the molecule is C=CCNC(=O)c1ccc(-n2cccn2)cc1. The first-order valence-electron chi connectivity index (χ1n) is 5.30. The number of carbonyl (C=O) groups excluding carboxylic acids is 1. The predicted molar refractivity (Wildman–Crippen MR) is 66.1 cm³/mol. The van der Waals surface area contributed by atoms with Gasteiger partial charge in [0.2, 0.25) is 0 Å². The van der Waals surface area contributed by atoms with E-state index in [2.05, 4.69) is 17.0 Å². The Balaban J connectivity index is 2.13. The number of hydrogen-bond donors (Lipinski definition) is 1. The summed E-state index contributed by atoms with van der Waals surface area (Å²) in [5, 5.41) is 6.84. The van der Waals surface area contributed by atoms with Crippen LogP contribution in [0, 0.1) is 0 Å². The Morgan fingerprint density at radius 1 is 1.41 bits per heavy atom. The zero-order valence-corrected chi connectivity index (χ0v) is 9.34. The van der Waals surface area contributed by atoms with E-state index in [4.69, 9.17) is 0 Å². The van der Waals surface area contributed by atoms with Crippen molar-refractivity contribution >= 4 is 5.91 Å². The van der Waals surface area contributed by atoms with Crippen LogP contribution in [0.5, 0.6) is 0 Å². The fraction of sp³-hybridized carbons (Fsp3) is 0.0769. The third kappa shape index (κ3) is 2.60. The van der Waals surface area contributed by atoms with Gasteiger partial charge in [-0.25, -0.2) is 4.68 Å². The first kappa shape index (κ1) is 11.1. The fourth-order valence-corrected chi connectivity index (χ4v) is 1.45. The zero-order valence-electron chi connectivity index (χ0n) is 9.34. The van der Waals surface area contributed by atoms with Crippen molar-refractivity contribution in [1.82, 2.24) is 15.1 Å². The summed E-state index contributed by atoms with van der Waals surface area (Å²) in [5.41, 5.74) is 1.55. The Labute approximate surface area is 99.6 Å². The highest BCUT2D eigenvalue weighted by Gasteiger charge is 2.04. The fourth-order valence-electron chi connectivity index (χ4n) is 1.45. The summed E-state index contributed by atoms with van der Waals surface area (Å²) < 4.78 is 1.74. The van der Waals surface area contributed by atoms with E-state index in [0.29, 0.717) is 12.1 Å². The van der Waals surface area contributed by atoms with E-state index in [1.165, 1.54) is 0 Å². The van der Waals surface area contributed by atoms with Crippen LogP contribution in [-0.4, -0.2) is 22.2 Å².